The second-order valence-electron chi connectivity index (χ2n) is 5.67. The molecular weight excluding hydrogens is 280 g/mol. The van der Waals surface area contributed by atoms with E-state index in [4.69, 9.17) is 9.47 Å². The van der Waals surface area contributed by atoms with Crippen molar-refractivity contribution in [1.82, 2.24) is 19.7 Å². The summed E-state index contributed by atoms with van der Waals surface area (Å²) in [5.74, 6) is 1.03. The zero-order valence-corrected chi connectivity index (χ0v) is 13.3. The number of aromatic nitrogens is 3. The molecule has 6 nitrogen and oxygen atoms in total. The van der Waals surface area contributed by atoms with Crippen molar-refractivity contribution in [3.63, 3.8) is 0 Å². The maximum Gasteiger partial charge on any atom is 0.217 e. The van der Waals surface area contributed by atoms with Crippen LogP contribution in [-0.4, -0.2) is 47.0 Å². The molecule has 0 saturated carbocycles. The summed E-state index contributed by atoms with van der Waals surface area (Å²) in [6.45, 7) is 3.35. The largest absolute Gasteiger partial charge is 0.481 e. The third-order valence-electron chi connectivity index (χ3n) is 4.13. The van der Waals surface area contributed by atoms with Gasteiger partial charge in [0.2, 0.25) is 5.88 Å². The Morgan fingerprint density at radius 3 is 3.00 bits per heavy atom. The minimum absolute atomic E-state index is 0.337. The fraction of sp³-hybridized carbons (Fsp3) is 0.500. The maximum absolute atomic E-state index is 5.40. The van der Waals surface area contributed by atoms with Gasteiger partial charge < -0.3 is 9.47 Å². The summed E-state index contributed by atoms with van der Waals surface area (Å²) in [5.41, 5.74) is 3.67. The third-order valence-corrected chi connectivity index (χ3v) is 4.13. The maximum atomic E-state index is 5.40. The van der Waals surface area contributed by atoms with E-state index in [1.807, 2.05) is 24.0 Å². The minimum atomic E-state index is 0.337. The number of aryl methyl sites for hydroxylation is 1. The van der Waals surface area contributed by atoms with Crippen molar-refractivity contribution in [2.24, 2.45) is 7.05 Å². The molecule has 0 N–H and O–H groups in total. The standard InChI is InChI=1S/C16H22N4O2/c1-19-15-13(7-18-19)9-20(10-14(15)11-21-2)8-12-5-4-6-17-16(12)22-3/h4-7,14H,8-11H2,1-3H3. The van der Waals surface area contributed by atoms with Crippen LogP contribution in [0.5, 0.6) is 5.88 Å². The molecule has 22 heavy (non-hydrogen) atoms. The molecule has 0 amide bonds. The monoisotopic (exact) mass is 302 g/mol. The van der Waals surface area contributed by atoms with E-state index in [1.165, 1.54) is 11.3 Å². The van der Waals surface area contributed by atoms with Gasteiger partial charge >= 0.3 is 0 Å². The molecule has 0 spiro atoms. The first kappa shape index (κ1) is 15.0. The molecule has 3 rings (SSSR count). The van der Waals surface area contributed by atoms with Crippen molar-refractivity contribution in [2.45, 2.75) is 19.0 Å². The summed E-state index contributed by atoms with van der Waals surface area (Å²) < 4.78 is 12.7. The molecule has 6 heteroatoms. The van der Waals surface area contributed by atoms with E-state index in [0.29, 0.717) is 18.4 Å². The first-order chi connectivity index (χ1) is 10.7. The van der Waals surface area contributed by atoms with Gasteiger partial charge in [-0.1, -0.05) is 6.07 Å². The van der Waals surface area contributed by atoms with Crippen molar-refractivity contribution < 1.29 is 9.47 Å². The lowest BCUT2D eigenvalue weighted by Crippen LogP contribution is -2.35. The van der Waals surface area contributed by atoms with E-state index >= 15 is 0 Å². The van der Waals surface area contributed by atoms with Gasteiger partial charge in [-0.15, -0.1) is 0 Å². The molecule has 0 fully saturated rings. The number of pyridine rings is 1. The highest BCUT2D eigenvalue weighted by molar-refractivity contribution is 5.28. The molecule has 0 bridgehead atoms. The highest BCUT2D eigenvalue weighted by Gasteiger charge is 2.29. The molecule has 2 aromatic rings. The van der Waals surface area contributed by atoms with Crippen LogP contribution in [0, 0.1) is 0 Å². The molecule has 0 saturated heterocycles. The summed E-state index contributed by atoms with van der Waals surface area (Å²) in [7, 11) is 5.41. The first-order valence-electron chi connectivity index (χ1n) is 7.43. The van der Waals surface area contributed by atoms with E-state index in [9.17, 15) is 0 Å². The van der Waals surface area contributed by atoms with E-state index in [2.05, 4.69) is 21.0 Å². The molecule has 0 aliphatic carbocycles. The number of methoxy groups -OCH3 is 2. The van der Waals surface area contributed by atoms with Crippen LogP contribution in [0.25, 0.3) is 0 Å². The lowest BCUT2D eigenvalue weighted by molar-refractivity contribution is 0.132. The molecule has 118 valence electrons. The van der Waals surface area contributed by atoms with Crippen LogP contribution in [0.2, 0.25) is 0 Å². The second-order valence-corrected chi connectivity index (χ2v) is 5.67. The fourth-order valence-corrected chi connectivity index (χ4v) is 3.27. The Bertz CT molecular complexity index is 641. The van der Waals surface area contributed by atoms with Gasteiger partial charge in [0.05, 0.1) is 19.9 Å². The Kier molecular flexibility index (Phi) is 4.40. The van der Waals surface area contributed by atoms with E-state index in [1.54, 1.807) is 20.4 Å². The minimum Gasteiger partial charge on any atom is -0.481 e. The van der Waals surface area contributed by atoms with Gasteiger partial charge in [-0.05, 0) is 6.07 Å². The van der Waals surface area contributed by atoms with Crippen LogP contribution < -0.4 is 4.74 Å². The van der Waals surface area contributed by atoms with Gasteiger partial charge in [-0.25, -0.2) is 4.98 Å². The Morgan fingerprint density at radius 1 is 1.36 bits per heavy atom. The Balaban J connectivity index is 1.82. The summed E-state index contributed by atoms with van der Waals surface area (Å²) in [6.07, 6.45) is 3.72. The zero-order chi connectivity index (χ0) is 15.5. The number of rotatable bonds is 5. The molecule has 3 heterocycles. The number of fused-ring (bicyclic) bond motifs is 1. The summed E-state index contributed by atoms with van der Waals surface area (Å²) in [5, 5.41) is 4.40. The summed E-state index contributed by atoms with van der Waals surface area (Å²) in [4.78, 5) is 6.67. The second kappa shape index (κ2) is 6.46. The van der Waals surface area contributed by atoms with E-state index in [-0.39, 0.29) is 0 Å². The molecule has 1 atom stereocenters. The topological polar surface area (TPSA) is 52.4 Å². The third kappa shape index (κ3) is 2.84. The van der Waals surface area contributed by atoms with Crippen molar-refractivity contribution in [2.75, 3.05) is 27.4 Å². The number of hydrogen-bond donors (Lipinski definition) is 0. The number of nitrogens with zero attached hydrogens (tertiary/aromatic N) is 4. The van der Waals surface area contributed by atoms with Gasteiger partial charge in [0.1, 0.15) is 0 Å². The SMILES string of the molecule is COCC1CN(Cc2cccnc2OC)Cc2cnn(C)c21. The van der Waals surface area contributed by atoms with Crippen LogP contribution in [0.4, 0.5) is 0 Å². The van der Waals surface area contributed by atoms with Gasteiger partial charge in [-0.3, -0.25) is 9.58 Å². The molecule has 1 aliphatic rings. The van der Waals surface area contributed by atoms with Crippen LogP contribution in [0.1, 0.15) is 22.7 Å². The fourth-order valence-electron chi connectivity index (χ4n) is 3.27. The Labute approximate surface area is 130 Å². The van der Waals surface area contributed by atoms with Crippen molar-refractivity contribution in [3.8, 4) is 5.88 Å². The molecule has 1 unspecified atom stereocenters. The molecule has 1 aliphatic heterocycles. The van der Waals surface area contributed by atoms with Crippen LogP contribution in [-0.2, 0) is 24.9 Å². The Hall–Kier alpha value is -1.92. The smallest absolute Gasteiger partial charge is 0.217 e. The van der Waals surface area contributed by atoms with Crippen LogP contribution in [0.3, 0.4) is 0 Å². The quantitative estimate of drug-likeness (QED) is 0.839. The average Bonchev–Trinajstić information content (AvgIpc) is 2.90. The average molecular weight is 302 g/mol. The summed E-state index contributed by atoms with van der Waals surface area (Å²) in [6, 6.07) is 4.01. The van der Waals surface area contributed by atoms with Crippen molar-refractivity contribution >= 4 is 0 Å². The first-order valence-corrected chi connectivity index (χ1v) is 7.43. The predicted molar refractivity (Wildman–Crippen MR) is 82.7 cm³/mol. The number of ether oxygens (including phenoxy) is 2. The van der Waals surface area contributed by atoms with E-state index < -0.39 is 0 Å². The van der Waals surface area contributed by atoms with Gasteiger partial charge in [-0.2, -0.15) is 5.10 Å². The van der Waals surface area contributed by atoms with Gasteiger partial charge in [0.15, 0.2) is 0 Å². The highest BCUT2D eigenvalue weighted by Crippen LogP contribution is 2.29. The van der Waals surface area contributed by atoms with Crippen molar-refractivity contribution in [3.05, 3.63) is 41.3 Å². The molecule has 0 radical (unpaired) electrons. The van der Waals surface area contributed by atoms with Crippen LogP contribution in [0.15, 0.2) is 24.5 Å². The zero-order valence-electron chi connectivity index (χ0n) is 13.3. The lowest BCUT2D eigenvalue weighted by Gasteiger charge is -2.33. The van der Waals surface area contributed by atoms with Gasteiger partial charge in [0, 0.05) is 62.7 Å². The summed E-state index contributed by atoms with van der Waals surface area (Å²) >= 11 is 0. The highest BCUT2D eigenvalue weighted by atomic mass is 16.5. The molecular formula is C16H22N4O2. The lowest BCUT2D eigenvalue weighted by atomic mass is 9.96. The molecule has 0 aromatic carbocycles. The number of hydrogen-bond acceptors (Lipinski definition) is 5. The van der Waals surface area contributed by atoms with E-state index in [0.717, 1.165) is 25.2 Å². The predicted octanol–water partition coefficient (Wildman–Crippen LogP) is 1.57. The van der Waals surface area contributed by atoms with Crippen LogP contribution >= 0.6 is 0 Å². The molecule has 2 aromatic heterocycles. The Morgan fingerprint density at radius 2 is 2.23 bits per heavy atom. The van der Waals surface area contributed by atoms with Crippen molar-refractivity contribution in [1.29, 1.82) is 0 Å². The normalized spacial score (nSPS) is 18.2. The van der Waals surface area contributed by atoms with Gasteiger partial charge in [0.25, 0.3) is 0 Å².